The third-order valence-electron chi connectivity index (χ3n) is 2.77. The molecule has 0 atom stereocenters. The largest absolute Gasteiger partial charge is 0.508 e. The van der Waals surface area contributed by atoms with Crippen molar-refractivity contribution in [1.82, 2.24) is 0 Å². The highest BCUT2D eigenvalue weighted by molar-refractivity contribution is 5.82. The summed E-state index contributed by atoms with van der Waals surface area (Å²) in [6.45, 7) is 1.76. The lowest BCUT2D eigenvalue weighted by Crippen LogP contribution is -1.97. The number of hydrogen-bond donors (Lipinski definition) is 2. The van der Waals surface area contributed by atoms with E-state index >= 15 is 0 Å². The average Bonchev–Trinajstić information content (AvgIpc) is 2.37. The first-order chi connectivity index (χ1) is 8.61. The predicted octanol–water partition coefficient (Wildman–Crippen LogP) is 1.98. The maximum Gasteiger partial charge on any atom is 0.336 e. The summed E-state index contributed by atoms with van der Waals surface area (Å²) in [5.41, 5.74) is 1.30. The fourth-order valence-electron chi connectivity index (χ4n) is 1.72. The maximum atomic E-state index is 11.2. The summed E-state index contributed by atoms with van der Waals surface area (Å²) >= 11 is 0. The van der Waals surface area contributed by atoms with Crippen molar-refractivity contribution in [2.24, 2.45) is 0 Å². The topological polar surface area (TPSA) is 70.7 Å². The molecule has 4 nitrogen and oxygen atoms in total. The Hall–Kier alpha value is -2.07. The number of aliphatic hydroxyl groups excluding tert-OH is 1. The number of phenolic OH excluding ortho intramolecular Hbond substituents is 1. The second-order valence-electron chi connectivity index (χ2n) is 4.15. The highest BCUT2D eigenvalue weighted by Crippen LogP contribution is 2.27. The number of aromatic hydroxyl groups is 1. The predicted molar refractivity (Wildman–Crippen MR) is 68.7 cm³/mol. The Bertz CT molecular complexity index is 652. The fourth-order valence-corrected chi connectivity index (χ4v) is 1.72. The third-order valence-corrected chi connectivity index (χ3v) is 2.77. The fraction of sp³-hybridized carbons (Fsp3) is 0.214. The van der Waals surface area contributed by atoms with Gasteiger partial charge in [-0.15, -0.1) is 0 Å². The van der Waals surface area contributed by atoms with Gasteiger partial charge in [0.05, 0.1) is 6.61 Å². The smallest absolute Gasteiger partial charge is 0.336 e. The summed E-state index contributed by atoms with van der Waals surface area (Å²) in [6, 6.07) is 6.27. The Morgan fingerprint density at radius 2 is 2.06 bits per heavy atom. The lowest BCUT2D eigenvalue weighted by Gasteiger charge is -2.05. The van der Waals surface area contributed by atoms with Crippen LogP contribution in [0, 0.1) is 0 Å². The first kappa shape index (κ1) is 12.4. The molecule has 0 aliphatic heterocycles. The van der Waals surface area contributed by atoms with Crippen molar-refractivity contribution in [1.29, 1.82) is 0 Å². The van der Waals surface area contributed by atoms with E-state index in [1.165, 1.54) is 6.07 Å². The summed E-state index contributed by atoms with van der Waals surface area (Å²) in [6.07, 6.45) is 2.20. The van der Waals surface area contributed by atoms with E-state index in [9.17, 15) is 9.90 Å². The number of rotatable bonds is 3. The van der Waals surface area contributed by atoms with Crippen molar-refractivity contribution in [2.75, 3.05) is 6.61 Å². The first-order valence-corrected chi connectivity index (χ1v) is 5.63. The van der Waals surface area contributed by atoms with Gasteiger partial charge in [-0.2, -0.15) is 0 Å². The molecule has 0 aliphatic carbocycles. The van der Waals surface area contributed by atoms with Crippen molar-refractivity contribution < 1.29 is 14.6 Å². The summed E-state index contributed by atoms with van der Waals surface area (Å²) in [5, 5.41) is 19.5. The molecule has 0 bridgehead atoms. The molecule has 0 spiro atoms. The maximum absolute atomic E-state index is 11.2. The molecule has 1 heterocycles. The van der Waals surface area contributed by atoms with Crippen molar-refractivity contribution in [2.45, 2.75) is 13.3 Å². The highest BCUT2D eigenvalue weighted by Gasteiger charge is 2.08. The molecule has 0 radical (unpaired) electrons. The van der Waals surface area contributed by atoms with Gasteiger partial charge in [0.15, 0.2) is 0 Å². The molecule has 0 aliphatic rings. The third kappa shape index (κ3) is 2.43. The Labute approximate surface area is 104 Å². The number of hydrogen-bond acceptors (Lipinski definition) is 4. The zero-order valence-electron chi connectivity index (χ0n) is 10.0. The van der Waals surface area contributed by atoms with Gasteiger partial charge in [-0.3, -0.25) is 0 Å². The van der Waals surface area contributed by atoms with Crippen LogP contribution in [0.25, 0.3) is 11.0 Å². The van der Waals surface area contributed by atoms with Crippen molar-refractivity contribution in [3.63, 3.8) is 0 Å². The van der Waals surface area contributed by atoms with E-state index in [1.54, 1.807) is 31.2 Å². The molecule has 0 saturated heterocycles. The zero-order chi connectivity index (χ0) is 13.1. The Morgan fingerprint density at radius 1 is 1.33 bits per heavy atom. The Balaban J connectivity index is 2.57. The van der Waals surface area contributed by atoms with E-state index in [-0.39, 0.29) is 12.4 Å². The molecule has 94 valence electrons. The molecule has 18 heavy (non-hydrogen) atoms. The Morgan fingerprint density at radius 3 is 2.78 bits per heavy atom. The van der Waals surface area contributed by atoms with Crippen LogP contribution in [0.2, 0.25) is 0 Å². The van der Waals surface area contributed by atoms with Crippen molar-refractivity contribution >= 4 is 11.0 Å². The van der Waals surface area contributed by atoms with Gasteiger partial charge < -0.3 is 14.6 Å². The minimum Gasteiger partial charge on any atom is -0.508 e. The molecule has 2 aromatic rings. The van der Waals surface area contributed by atoms with Gasteiger partial charge in [0.2, 0.25) is 0 Å². The van der Waals surface area contributed by atoms with Crippen LogP contribution in [0.3, 0.4) is 0 Å². The second kappa shape index (κ2) is 5.06. The van der Waals surface area contributed by atoms with Gasteiger partial charge in [-0.05, 0) is 31.5 Å². The molecule has 2 rings (SSSR count). The molecule has 0 fully saturated rings. The minimum absolute atomic E-state index is 0.0323. The quantitative estimate of drug-likeness (QED) is 0.641. The molecule has 1 aromatic carbocycles. The van der Waals surface area contributed by atoms with E-state index < -0.39 is 5.63 Å². The van der Waals surface area contributed by atoms with Crippen LogP contribution < -0.4 is 5.63 Å². The lowest BCUT2D eigenvalue weighted by molar-refractivity contribution is 0.331. The monoisotopic (exact) mass is 246 g/mol. The average molecular weight is 246 g/mol. The Kier molecular flexibility index (Phi) is 3.48. The number of allylic oxidation sites excluding steroid dienone is 1. The highest BCUT2D eigenvalue weighted by atomic mass is 16.4. The van der Waals surface area contributed by atoms with E-state index in [0.29, 0.717) is 17.6 Å². The minimum atomic E-state index is -0.447. The first-order valence-electron chi connectivity index (χ1n) is 5.63. The summed E-state index contributed by atoms with van der Waals surface area (Å²) in [5.74, 6) is 0.0823. The summed E-state index contributed by atoms with van der Waals surface area (Å²) < 4.78 is 5.13. The van der Waals surface area contributed by atoms with Gasteiger partial charge in [-0.1, -0.05) is 11.6 Å². The number of fused-ring (bicyclic) bond motifs is 1. The van der Waals surface area contributed by atoms with Crippen LogP contribution >= 0.6 is 0 Å². The van der Waals surface area contributed by atoms with E-state index in [4.69, 9.17) is 9.52 Å². The van der Waals surface area contributed by atoms with Crippen LogP contribution in [0.15, 0.2) is 45.1 Å². The molecule has 1 aromatic heterocycles. The molecule has 0 amide bonds. The molecular formula is C14H14O4. The lowest BCUT2D eigenvalue weighted by atomic mass is 10.1. The van der Waals surface area contributed by atoms with Gasteiger partial charge in [0.25, 0.3) is 0 Å². The molecule has 0 unspecified atom stereocenters. The molecular weight excluding hydrogens is 232 g/mol. The van der Waals surface area contributed by atoms with Crippen LogP contribution in [0.1, 0.15) is 12.5 Å². The number of aliphatic hydroxyl groups is 1. The van der Waals surface area contributed by atoms with Crippen LogP contribution in [-0.2, 0) is 6.42 Å². The van der Waals surface area contributed by atoms with Crippen LogP contribution in [0.4, 0.5) is 0 Å². The number of benzene rings is 1. The van der Waals surface area contributed by atoms with Crippen LogP contribution in [0.5, 0.6) is 5.75 Å². The standard InChI is InChI=1S/C14H14O4/c1-9(8-15)2-5-11-12(16)6-3-10-4-7-13(17)18-14(10)11/h2-4,6-7,15-16H,5,8H2,1H3/b9-2+. The van der Waals surface area contributed by atoms with E-state index in [1.807, 2.05) is 0 Å². The van der Waals surface area contributed by atoms with Crippen molar-refractivity contribution in [3.05, 3.63) is 51.9 Å². The SMILES string of the molecule is C/C(=C\Cc1c(O)ccc2ccc(=O)oc12)CO. The summed E-state index contributed by atoms with van der Waals surface area (Å²) in [4.78, 5) is 11.2. The van der Waals surface area contributed by atoms with E-state index in [0.717, 1.165) is 11.0 Å². The number of phenols is 1. The zero-order valence-corrected chi connectivity index (χ0v) is 10.0. The summed E-state index contributed by atoms with van der Waals surface area (Å²) in [7, 11) is 0. The molecule has 4 heteroatoms. The van der Waals surface area contributed by atoms with Crippen molar-refractivity contribution in [3.8, 4) is 5.75 Å². The van der Waals surface area contributed by atoms with Gasteiger partial charge in [-0.25, -0.2) is 4.79 Å². The van der Waals surface area contributed by atoms with E-state index in [2.05, 4.69) is 0 Å². The van der Waals surface area contributed by atoms with Gasteiger partial charge in [0, 0.05) is 17.0 Å². The molecule has 2 N–H and O–H groups in total. The van der Waals surface area contributed by atoms with Crippen LogP contribution in [-0.4, -0.2) is 16.8 Å². The second-order valence-corrected chi connectivity index (χ2v) is 4.15. The van der Waals surface area contributed by atoms with Gasteiger partial charge >= 0.3 is 5.63 Å². The normalized spacial score (nSPS) is 12.0. The molecule has 0 saturated carbocycles. The van der Waals surface area contributed by atoms with Gasteiger partial charge in [0.1, 0.15) is 11.3 Å².